The second-order valence-corrected chi connectivity index (χ2v) is 12.0. The fourth-order valence-electron chi connectivity index (χ4n) is 4.99. The van der Waals surface area contributed by atoms with E-state index in [1.807, 2.05) is 13.8 Å². The molecule has 0 radical (unpaired) electrons. The minimum absolute atomic E-state index is 0.0265. The predicted octanol–water partition coefficient (Wildman–Crippen LogP) is 0.352. The molecule has 15 heteroatoms. The van der Waals surface area contributed by atoms with Crippen molar-refractivity contribution in [2.75, 3.05) is 26.7 Å². The number of hydrogen-bond donors (Lipinski definition) is 5. The molecule has 0 saturated carbocycles. The molecule has 1 aliphatic rings. The number of methoxy groups -OCH3 is 1. The van der Waals surface area contributed by atoms with Crippen LogP contribution in [0.5, 0.6) is 11.5 Å². The number of nitrogens with two attached hydrogens (primary N) is 1. The van der Waals surface area contributed by atoms with E-state index < -0.39 is 42.0 Å². The highest BCUT2D eigenvalue weighted by atomic mass is 16.5. The van der Waals surface area contributed by atoms with Gasteiger partial charge in [-0.15, -0.1) is 5.10 Å². The molecule has 46 heavy (non-hydrogen) atoms. The number of fused-ring (bicyclic) bond motifs is 4. The van der Waals surface area contributed by atoms with E-state index in [4.69, 9.17) is 15.2 Å². The fourth-order valence-corrected chi connectivity index (χ4v) is 4.99. The van der Waals surface area contributed by atoms with Crippen molar-refractivity contribution >= 4 is 23.6 Å². The molecule has 0 aliphatic carbocycles. The van der Waals surface area contributed by atoms with Crippen molar-refractivity contribution in [3.63, 3.8) is 0 Å². The fraction of sp³-hybridized carbons (Fsp3) is 0.613. The van der Waals surface area contributed by atoms with Crippen LogP contribution in [0.2, 0.25) is 0 Å². The van der Waals surface area contributed by atoms with Crippen LogP contribution >= 0.6 is 0 Å². The summed E-state index contributed by atoms with van der Waals surface area (Å²) in [5, 5.41) is 26.8. The number of rotatable bonds is 5. The van der Waals surface area contributed by atoms with Gasteiger partial charge in [-0.05, 0) is 63.6 Å². The molecular formula is C31H48N8O7. The first kappa shape index (κ1) is 36.2. The Bertz CT molecular complexity index is 1330. The van der Waals surface area contributed by atoms with Gasteiger partial charge in [0.1, 0.15) is 24.4 Å². The minimum Gasteiger partial charge on any atom is -0.493 e. The number of benzene rings is 1. The summed E-state index contributed by atoms with van der Waals surface area (Å²) in [6.07, 6.45) is 2.60. The summed E-state index contributed by atoms with van der Waals surface area (Å²) in [6, 6.07) is 1.77. The van der Waals surface area contributed by atoms with E-state index in [1.165, 1.54) is 20.1 Å². The lowest BCUT2D eigenvalue weighted by Gasteiger charge is -2.26. The van der Waals surface area contributed by atoms with E-state index in [9.17, 15) is 24.3 Å². The molecule has 4 amide bonds. The average molecular weight is 645 g/mol. The number of carbonyl (C=O) groups is 4. The first-order valence-corrected chi connectivity index (χ1v) is 15.7. The molecule has 6 N–H and O–H groups in total. The normalized spacial score (nSPS) is 20.8. The van der Waals surface area contributed by atoms with Crippen LogP contribution in [-0.4, -0.2) is 99.6 Å². The average Bonchev–Trinajstić information content (AvgIpc) is 3.47. The highest BCUT2D eigenvalue weighted by Crippen LogP contribution is 2.29. The highest BCUT2D eigenvalue weighted by molar-refractivity contribution is 5.99. The lowest BCUT2D eigenvalue weighted by molar-refractivity contribution is -0.132. The number of aliphatic hydroxyl groups is 1. The van der Waals surface area contributed by atoms with Crippen molar-refractivity contribution in [1.82, 2.24) is 35.8 Å². The van der Waals surface area contributed by atoms with Gasteiger partial charge >= 0.3 is 0 Å². The first-order valence-electron chi connectivity index (χ1n) is 15.7. The van der Waals surface area contributed by atoms with Crippen LogP contribution in [0.25, 0.3) is 0 Å². The largest absolute Gasteiger partial charge is 0.493 e. The summed E-state index contributed by atoms with van der Waals surface area (Å²) >= 11 is 0. The van der Waals surface area contributed by atoms with Crippen LogP contribution in [-0.2, 0) is 27.5 Å². The molecule has 254 valence electrons. The lowest BCUT2D eigenvalue weighted by atomic mass is 10.0. The van der Waals surface area contributed by atoms with E-state index in [1.54, 1.807) is 34.8 Å². The van der Waals surface area contributed by atoms with Crippen molar-refractivity contribution in [2.24, 2.45) is 11.7 Å². The second kappa shape index (κ2) is 17.5. The molecule has 15 nitrogen and oxygen atoms in total. The summed E-state index contributed by atoms with van der Waals surface area (Å²) in [6.45, 7) is 8.60. The molecule has 0 spiro atoms. The molecule has 1 aromatic carbocycles. The molecule has 4 atom stereocenters. The predicted molar refractivity (Wildman–Crippen MR) is 169 cm³/mol. The maximum Gasteiger partial charge on any atom is 0.252 e. The van der Waals surface area contributed by atoms with Crippen LogP contribution in [0, 0.1) is 5.92 Å². The molecule has 1 aliphatic heterocycles. The topological polar surface area (TPSA) is 203 Å². The van der Waals surface area contributed by atoms with Crippen molar-refractivity contribution in [3.8, 4) is 11.5 Å². The second-order valence-electron chi connectivity index (χ2n) is 12.0. The van der Waals surface area contributed by atoms with Crippen LogP contribution in [0.4, 0.5) is 0 Å². The number of nitrogens with one attached hydrogen (secondary N) is 3. The van der Waals surface area contributed by atoms with Crippen LogP contribution in [0.15, 0.2) is 24.4 Å². The maximum atomic E-state index is 13.4. The Kier molecular flexibility index (Phi) is 13.7. The zero-order valence-electron chi connectivity index (χ0n) is 27.3. The third-order valence-corrected chi connectivity index (χ3v) is 7.45. The smallest absolute Gasteiger partial charge is 0.252 e. The van der Waals surface area contributed by atoms with Crippen molar-refractivity contribution < 1.29 is 33.8 Å². The van der Waals surface area contributed by atoms with Crippen molar-refractivity contribution in [3.05, 3.63) is 35.7 Å². The van der Waals surface area contributed by atoms with Crippen molar-refractivity contribution in [1.29, 1.82) is 0 Å². The summed E-state index contributed by atoms with van der Waals surface area (Å²) in [7, 11) is 1.48. The number of aryl methyl sites for hydroxylation is 1. The lowest BCUT2D eigenvalue weighted by Crippen LogP contribution is -2.57. The van der Waals surface area contributed by atoms with E-state index in [-0.39, 0.29) is 37.0 Å². The van der Waals surface area contributed by atoms with Gasteiger partial charge in [-0.2, -0.15) is 0 Å². The van der Waals surface area contributed by atoms with Gasteiger partial charge in [0.25, 0.3) is 5.91 Å². The number of amides is 4. The van der Waals surface area contributed by atoms with E-state index in [0.29, 0.717) is 56.1 Å². The quantitative estimate of drug-likeness (QED) is 0.302. The summed E-state index contributed by atoms with van der Waals surface area (Å²) in [4.78, 5) is 54.2. The van der Waals surface area contributed by atoms with Gasteiger partial charge in [0.2, 0.25) is 17.7 Å². The van der Waals surface area contributed by atoms with Gasteiger partial charge in [-0.25, -0.2) is 0 Å². The van der Waals surface area contributed by atoms with Gasteiger partial charge in [0.05, 0.1) is 25.5 Å². The standard InChI is InChI=1S/C31H48N8O7/c1-19(2)15-24-29(42)35-27(21(4)40)30(43)33-11-6-7-12-38(31(44)20(3)32)13-8-14-39-17-23(36-37-39)18-46-26-16-22(28(41)34-24)9-10-25(26)45-5/h9-10,16-17,19-21,24,27,40H,6-8,11-15,18,32H2,1-5H3,(H,33,43)(H,34,41)(H,35,42)/t20-,21+,24+,27-/m0/s1. The summed E-state index contributed by atoms with van der Waals surface area (Å²) in [5.74, 6) is -1.14. The number of hydrogen-bond acceptors (Lipinski definition) is 10. The minimum atomic E-state index is -1.24. The van der Waals surface area contributed by atoms with E-state index in [2.05, 4.69) is 26.3 Å². The number of aromatic nitrogens is 3. The number of ether oxygens (including phenoxy) is 2. The van der Waals surface area contributed by atoms with Crippen LogP contribution in [0.3, 0.4) is 0 Å². The van der Waals surface area contributed by atoms with E-state index in [0.717, 1.165) is 0 Å². The van der Waals surface area contributed by atoms with Gasteiger partial charge in [0.15, 0.2) is 11.5 Å². The van der Waals surface area contributed by atoms with Gasteiger partial charge < -0.3 is 41.2 Å². The maximum absolute atomic E-state index is 13.4. The number of carbonyl (C=O) groups excluding carboxylic acids is 4. The monoisotopic (exact) mass is 644 g/mol. The SMILES string of the molecule is COc1ccc2cc1OCc1cn(nn1)CCCN(C(=O)[C@H](C)N)CCCCNC(=O)[C@H]([C@@H](C)O)NC(=O)[C@@H](CC(C)C)NC2=O. The molecule has 3 rings (SSSR count). The third kappa shape index (κ3) is 10.7. The van der Waals surface area contributed by atoms with Gasteiger partial charge in [0, 0.05) is 31.7 Å². The summed E-state index contributed by atoms with van der Waals surface area (Å²) < 4.78 is 13.0. The first-order chi connectivity index (χ1) is 21.9. The molecule has 2 heterocycles. The van der Waals surface area contributed by atoms with E-state index >= 15 is 0 Å². The van der Waals surface area contributed by atoms with Gasteiger partial charge in [-0.1, -0.05) is 19.1 Å². The van der Waals surface area contributed by atoms with Crippen molar-refractivity contribution in [2.45, 2.75) is 90.8 Å². The Morgan fingerprint density at radius 1 is 1.09 bits per heavy atom. The molecular weight excluding hydrogens is 596 g/mol. The molecule has 1 aromatic heterocycles. The highest BCUT2D eigenvalue weighted by Gasteiger charge is 2.30. The Balaban J connectivity index is 1.88. The molecule has 0 unspecified atom stereocenters. The zero-order chi connectivity index (χ0) is 33.8. The molecule has 0 saturated heterocycles. The van der Waals surface area contributed by atoms with Crippen LogP contribution in [0.1, 0.15) is 69.4 Å². The molecule has 2 aromatic rings. The molecule has 4 bridgehead atoms. The molecule has 0 fully saturated rings. The number of nitrogens with zero attached hydrogens (tertiary/aromatic N) is 4. The Morgan fingerprint density at radius 2 is 1.83 bits per heavy atom. The summed E-state index contributed by atoms with van der Waals surface area (Å²) in [5.41, 5.74) is 6.67. The zero-order valence-corrected chi connectivity index (χ0v) is 27.3. The number of aliphatic hydroxyl groups excluding tert-OH is 1. The Hall–Kier alpha value is -4.24. The Morgan fingerprint density at radius 3 is 2.50 bits per heavy atom. The van der Waals surface area contributed by atoms with Crippen LogP contribution < -0.4 is 31.2 Å². The van der Waals surface area contributed by atoms with Gasteiger partial charge in [-0.3, -0.25) is 23.9 Å². The third-order valence-electron chi connectivity index (χ3n) is 7.45. The Labute approximate surface area is 269 Å².